The molecule has 0 bridgehead atoms. The highest BCUT2D eigenvalue weighted by Gasteiger charge is 2.14. The summed E-state index contributed by atoms with van der Waals surface area (Å²) in [7, 11) is 0. The summed E-state index contributed by atoms with van der Waals surface area (Å²) in [5.74, 6) is 0. The van der Waals surface area contributed by atoms with Gasteiger partial charge in [-0.05, 0) is 22.5 Å². The Labute approximate surface area is 90.6 Å². The van der Waals surface area contributed by atoms with Gasteiger partial charge in [0.25, 0.3) is 6.33 Å². The summed E-state index contributed by atoms with van der Waals surface area (Å²) in [6.07, 6.45) is 4.07. The standard InChI is InChI=1S/C13H17N2/c1-13(2,3)9-15-8-11-6-4-5-7-12(11)14-10-15/h4-8,10H,9H2,1-3H3/q+1. The van der Waals surface area contributed by atoms with E-state index >= 15 is 0 Å². The lowest BCUT2D eigenvalue weighted by Crippen LogP contribution is -2.39. The molecule has 1 aromatic heterocycles. The maximum atomic E-state index is 4.43. The van der Waals surface area contributed by atoms with Gasteiger partial charge in [-0.15, -0.1) is 0 Å². The predicted molar refractivity (Wildman–Crippen MR) is 61.4 cm³/mol. The van der Waals surface area contributed by atoms with Crippen LogP contribution in [0.5, 0.6) is 0 Å². The maximum Gasteiger partial charge on any atom is 0.286 e. The Balaban J connectivity index is 2.39. The highest BCUT2D eigenvalue weighted by atomic mass is 15.0. The topological polar surface area (TPSA) is 16.8 Å². The van der Waals surface area contributed by atoms with E-state index in [1.165, 1.54) is 5.39 Å². The van der Waals surface area contributed by atoms with Crippen LogP contribution in [0.2, 0.25) is 0 Å². The molecular weight excluding hydrogens is 184 g/mol. The molecule has 1 aromatic carbocycles. The number of hydrogen-bond donors (Lipinski definition) is 0. The Morgan fingerprint density at radius 2 is 1.93 bits per heavy atom. The van der Waals surface area contributed by atoms with Gasteiger partial charge in [0.1, 0.15) is 6.20 Å². The molecule has 15 heavy (non-hydrogen) atoms. The summed E-state index contributed by atoms with van der Waals surface area (Å²) >= 11 is 0. The first-order chi connectivity index (χ1) is 7.04. The molecule has 78 valence electrons. The highest BCUT2D eigenvalue weighted by Crippen LogP contribution is 2.13. The minimum Gasteiger partial charge on any atom is -0.236 e. The number of aromatic nitrogens is 2. The van der Waals surface area contributed by atoms with Crippen LogP contribution in [0.25, 0.3) is 10.9 Å². The molecule has 0 atom stereocenters. The number of benzene rings is 1. The first-order valence-electron chi connectivity index (χ1n) is 5.28. The molecule has 0 saturated heterocycles. The van der Waals surface area contributed by atoms with Gasteiger partial charge in [0, 0.05) is 0 Å². The van der Waals surface area contributed by atoms with Gasteiger partial charge in [0.05, 0.1) is 11.9 Å². The first kappa shape index (κ1) is 10.1. The van der Waals surface area contributed by atoms with Crippen molar-refractivity contribution in [1.82, 2.24) is 4.98 Å². The van der Waals surface area contributed by atoms with Gasteiger partial charge < -0.3 is 0 Å². The van der Waals surface area contributed by atoms with E-state index in [9.17, 15) is 0 Å². The van der Waals surface area contributed by atoms with Crippen molar-refractivity contribution < 1.29 is 4.57 Å². The van der Waals surface area contributed by atoms with Gasteiger partial charge in [-0.3, -0.25) is 0 Å². The molecule has 2 aromatic rings. The molecule has 0 spiro atoms. The summed E-state index contributed by atoms with van der Waals surface area (Å²) in [4.78, 5) is 4.43. The van der Waals surface area contributed by atoms with E-state index in [1.54, 1.807) is 0 Å². The lowest BCUT2D eigenvalue weighted by atomic mass is 9.97. The minimum atomic E-state index is 0.287. The van der Waals surface area contributed by atoms with E-state index in [-0.39, 0.29) is 5.41 Å². The zero-order valence-corrected chi connectivity index (χ0v) is 9.57. The van der Waals surface area contributed by atoms with E-state index in [4.69, 9.17) is 0 Å². The Bertz CT molecular complexity index is 469. The smallest absolute Gasteiger partial charge is 0.236 e. The second-order valence-electron chi connectivity index (χ2n) is 5.17. The van der Waals surface area contributed by atoms with Gasteiger partial charge in [0.2, 0.25) is 0 Å². The van der Waals surface area contributed by atoms with Crippen molar-refractivity contribution >= 4 is 10.9 Å². The monoisotopic (exact) mass is 201 g/mol. The van der Waals surface area contributed by atoms with Crippen molar-refractivity contribution in [3.8, 4) is 0 Å². The Hall–Kier alpha value is -1.44. The third-order valence-electron chi connectivity index (χ3n) is 2.24. The lowest BCUT2D eigenvalue weighted by molar-refractivity contribution is -0.709. The van der Waals surface area contributed by atoms with Crippen LogP contribution in [0.4, 0.5) is 0 Å². The van der Waals surface area contributed by atoms with Gasteiger partial charge >= 0.3 is 0 Å². The molecule has 0 aliphatic carbocycles. The molecule has 0 unspecified atom stereocenters. The Kier molecular flexibility index (Phi) is 2.43. The molecule has 2 nitrogen and oxygen atoms in total. The maximum absolute atomic E-state index is 4.43. The molecule has 0 aliphatic rings. The highest BCUT2D eigenvalue weighted by molar-refractivity contribution is 5.76. The number of nitrogens with zero attached hydrogens (tertiary/aromatic N) is 2. The minimum absolute atomic E-state index is 0.287. The normalized spacial score (nSPS) is 11.9. The summed E-state index contributed by atoms with van der Waals surface area (Å²) in [6, 6.07) is 8.20. The molecule has 2 rings (SSSR count). The number of fused-ring (bicyclic) bond motifs is 1. The fourth-order valence-electron chi connectivity index (χ4n) is 1.70. The third-order valence-corrected chi connectivity index (χ3v) is 2.24. The number of rotatable bonds is 1. The summed E-state index contributed by atoms with van der Waals surface area (Å²) in [6.45, 7) is 7.68. The molecule has 0 saturated carbocycles. The van der Waals surface area contributed by atoms with E-state index in [0.29, 0.717) is 0 Å². The zero-order chi connectivity index (χ0) is 10.9. The predicted octanol–water partition coefficient (Wildman–Crippen LogP) is 2.57. The largest absolute Gasteiger partial charge is 0.286 e. The van der Waals surface area contributed by atoms with Crippen molar-refractivity contribution in [3.63, 3.8) is 0 Å². The molecule has 1 heterocycles. The van der Waals surface area contributed by atoms with Crippen LogP contribution in [-0.4, -0.2) is 4.98 Å². The van der Waals surface area contributed by atoms with Gasteiger partial charge in [-0.1, -0.05) is 32.9 Å². The van der Waals surface area contributed by atoms with Crippen molar-refractivity contribution in [2.75, 3.05) is 0 Å². The van der Waals surface area contributed by atoms with Crippen LogP contribution in [0, 0.1) is 5.41 Å². The van der Waals surface area contributed by atoms with E-state index in [0.717, 1.165) is 12.1 Å². The summed E-state index contributed by atoms with van der Waals surface area (Å²) in [5.41, 5.74) is 1.34. The van der Waals surface area contributed by atoms with Gasteiger partial charge in [0.15, 0.2) is 5.52 Å². The molecule has 0 aliphatic heterocycles. The van der Waals surface area contributed by atoms with Gasteiger partial charge in [-0.2, -0.15) is 0 Å². The second kappa shape index (κ2) is 3.61. The fraction of sp³-hybridized carbons (Fsp3) is 0.385. The van der Waals surface area contributed by atoms with Crippen molar-refractivity contribution in [1.29, 1.82) is 0 Å². The van der Waals surface area contributed by atoms with Gasteiger partial charge in [-0.25, -0.2) is 4.57 Å². The third kappa shape index (κ3) is 2.52. The fourth-order valence-corrected chi connectivity index (χ4v) is 1.70. The van der Waals surface area contributed by atoms with Crippen LogP contribution in [0.1, 0.15) is 20.8 Å². The van der Waals surface area contributed by atoms with Crippen LogP contribution >= 0.6 is 0 Å². The lowest BCUT2D eigenvalue weighted by Gasteiger charge is -2.15. The Morgan fingerprint density at radius 3 is 2.67 bits per heavy atom. The molecule has 0 radical (unpaired) electrons. The zero-order valence-electron chi connectivity index (χ0n) is 9.57. The molecule has 2 heteroatoms. The van der Waals surface area contributed by atoms with Crippen molar-refractivity contribution in [3.05, 3.63) is 36.8 Å². The molecule has 0 amide bonds. The average Bonchev–Trinajstić information content (AvgIpc) is 2.15. The van der Waals surface area contributed by atoms with E-state index in [2.05, 4.69) is 42.6 Å². The second-order valence-corrected chi connectivity index (χ2v) is 5.17. The Morgan fingerprint density at radius 1 is 1.20 bits per heavy atom. The summed E-state index contributed by atoms with van der Waals surface area (Å²) < 4.78 is 2.16. The van der Waals surface area contributed by atoms with E-state index < -0.39 is 0 Å². The molecule has 0 N–H and O–H groups in total. The van der Waals surface area contributed by atoms with Crippen molar-refractivity contribution in [2.24, 2.45) is 5.41 Å². The first-order valence-corrected chi connectivity index (χ1v) is 5.28. The average molecular weight is 201 g/mol. The number of hydrogen-bond acceptors (Lipinski definition) is 1. The molecule has 0 fully saturated rings. The van der Waals surface area contributed by atoms with E-state index in [1.807, 2.05) is 24.5 Å². The van der Waals surface area contributed by atoms with Crippen LogP contribution < -0.4 is 4.57 Å². The SMILES string of the molecule is CC(C)(C)C[n+]1cnc2ccccc2c1. The quantitative estimate of drug-likeness (QED) is 0.648. The van der Waals surface area contributed by atoms with Crippen LogP contribution in [0.3, 0.4) is 0 Å². The molecular formula is C13H17N2+. The van der Waals surface area contributed by atoms with Crippen LogP contribution in [0.15, 0.2) is 36.8 Å². The van der Waals surface area contributed by atoms with Crippen LogP contribution in [-0.2, 0) is 6.54 Å². The number of para-hydroxylation sites is 1. The van der Waals surface area contributed by atoms with Crippen molar-refractivity contribution in [2.45, 2.75) is 27.3 Å². The summed E-state index contributed by atoms with van der Waals surface area (Å²) in [5, 5.41) is 1.20.